The summed E-state index contributed by atoms with van der Waals surface area (Å²) < 4.78 is 16.0. The van der Waals surface area contributed by atoms with E-state index >= 15 is 0 Å². The van der Waals surface area contributed by atoms with Crippen LogP contribution in [0, 0.1) is 12.7 Å². The summed E-state index contributed by atoms with van der Waals surface area (Å²) in [6, 6.07) is 11.0. The van der Waals surface area contributed by atoms with Gasteiger partial charge in [0.25, 0.3) is 5.56 Å². The molecule has 26 heavy (non-hydrogen) atoms. The summed E-state index contributed by atoms with van der Waals surface area (Å²) in [7, 11) is 0. The molecule has 0 atom stereocenters. The summed E-state index contributed by atoms with van der Waals surface area (Å²) in [4.78, 5) is 37.4. The SMILES string of the molecule is CCn1c(=O)c2ccccc2n(CC(=O)Nc2ccc(C)c(F)c2)c1=O. The number of aromatic nitrogens is 2. The molecule has 1 amide bonds. The first kappa shape index (κ1) is 17.6. The first-order valence-corrected chi connectivity index (χ1v) is 8.20. The average molecular weight is 355 g/mol. The molecular weight excluding hydrogens is 337 g/mol. The summed E-state index contributed by atoms with van der Waals surface area (Å²) in [5, 5.41) is 2.94. The minimum atomic E-state index is -0.554. The van der Waals surface area contributed by atoms with Crippen molar-refractivity contribution in [1.82, 2.24) is 9.13 Å². The van der Waals surface area contributed by atoms with E-state index in [1.165, 1.54) is 10.6 Å². The topological polar surface area (TPSA) is 73.1 Å². The van der Waals surface area contributed by atoms with E-state index in [0.29, 0.717) is 22.2 Å². The Kier molecular flexibility index (Phi) is 4.71. The van der Waals surface area contributed by atoms with Gasteiger partial charge < -0.3 is 5.32 Å². The molecule has 0 saturated carbocycles. The fourth-order valence-corrected chi connectivity index (χ4v) is 2.82. The van der Waals surface area contributed by atoms with Crippen molar-refractivity contribution < 1.29 is 9.18 Å². The third kappa shape index (κ3) is 3.15. The molecule has 1 heterocycles. The second kappa shape index (κ2) is 6.95. The van der Waals surface area contributed by atoms with Crippen molar-refractivity contribution in [3.63, 3.8) is 0 Å². The van der Waals surface area contributed by atoms with E-state index in [-0.39, 0.29) is 18.6 Å². The van der Waals surface area contributed by atoms with Gasteiger partial charge in [-0.1, -0.05) is 18.2 Å². The molecule has 134 valence electrons. The Morgan fingerprint density at radius 2 is 1.85 bits per heavy atom. The van der Waals surface area contributed by atoms with Gasteiger partial charge >= 0.3 is 5.69 Å². The lowest BCUT2D eigenvalue weighted by atomic mass is 10.2. The monoisotopic (exact) mass is 355 g/mol. The maximum Gasteiger partial charge on any atom is 0.331 e. The number of nitrogens with zero attached hydrogens (tertiary/aromatic N) is 2. The summed E-state index contributed by atoms with van der Waals surface area (Å²) in [5.41, 5.74) is 0.226. The van der Waals surface area contributed by atoms with Crippen LogP contribution >= 0.6 is 0 Å². The van der Waals surface area contributed by atoms with Crippen molar-refractivity contribution in [1.29, 1.82) is 0 Å². The Hall–Kier alpha value is -3.22. The lowest BCUT2D eigenvalue weighted by Crippen LogP contribution is -2.41. The van der Waals surface area contributed by atoms with Gasteiger partial charge in [0.2, 0.25) is 5.91 Å². The number of hydrogen-bond acceptors (Lipinski definition) is 3. The highest BCUT2D eigenvalue weighted by molar-refractivity contribution is 5.91. The number of nitrogens with one attached hydrogen (secondary N) is 1. The number of carbonyl (C=O) groups excluding carboxylic acids is 1. The molecule has 7 heteroatoms. The van der Waals surface area contributed by atoms with Gasteiger partial charge in [0.05, 0.1) is 10.9 Å². The molecule has 1 aromatic heterocycles. The van der Waals surface area contributed by atoms with Gasteiger partial charge in [-0.15, -0.1) is 0 Å². The van der Waals surface area contributed by atoms with E-state index in [9.17, 15) is 18.8 Å². The van der Waals surface area contributed by atoms with Crippen LogP contribution in [0.3, 0.4) is 0 Å². The Labute approximate surface area is 148 Å². The molecule has 0 unspecified atom stereocenters. The van der Waals surface area contributed by atoms with Gasteiger partial charge in [0.15, 0.2) is 0 Å². The molecule has 0 fully saturated rings. The van der Waals surface area contributed by atoms with Crippen molar-refractivity contribution in [2.24, 2.45) is 0 Å². The van der Waals surface area contributed by atoms with E-state index in [1.807, 2.05) is 0 Å². The van der Waals surface area contributed by atoms with E-state index < -0.39 is 17.4 Å². The average Bonchev–Trinajstić information content (AvgIpc) is 2.62. The quantitative estimate of drug-likeness (QED) is 0.780. The van der Waals surface area contributed by atoms with E-state index in [2.05, 4.69) is 5.32 Å². The zero-order chi connectivity index (χ0) is 18.8. The lowest BCUT2D eigenvalue weighted by molar-refractivity contribution is -0.116. The Bertz CT molecular complexity index is 1120. The molecule has 2 aromatic carbocycles. The third-order valence-corrected chi connectivity index (χ3v) is 4.21. The largest absolute Gasteiger partial charge is 0.331 e. The van der Waals surface area contributed by atoms with Gasteiger partial charge in [0.1, 0.15) is 12.4 Å². The molecule has 0 aliphatic rings. The molecule has 0 bridgehead atoms. The van der Waals surface area contributed by atoms with Crippen LogP contribution < -0.4 is 16.6 Å². The van der Waals surface area contributed by atoms with Crippen LogP contribution in [0.4, 0.5) is 10.1 Å². The number of para-hydroxylation sites is 1. The van der Waals surface area contributed by atoms with Gasteiger partial charge in [-0.05, 0) is 43.7 Å². The van der Waals surface area contributed by atoms with Gasteiger partial charge in [-0.2, -0.15) is 0 Å². The Balaban J connectivity index is 2.00. The van der Waals surface area contributed by atoms with Crippen molar-refractivity contribution in [2.75, 3.05) is 5.32 Å². The highest BCUT2D eigenvalue weighted by atomic mass is 19.1. The molecule has 1 N–H and O–H groups in total. The zero-order valence-electron chi connectivity index (χ0n) is 14.5. The van der Waals surface area contributed by atoms with E-state index in [4.69, 9.17) is 0 Å². The first-order chi connectivity index (χ1) is 12.4. The van der Waals surface area contributed by atoms with Gasteiger partial charge in [0, 0.05) is 12.2 Å². The molecule has 6 nitrogen and oxygen atoms in total. The maximum absolute atomic E-state index is 13.6. The Morgan fingerprint density at radius 3 is 2.54 bits per heavy atom. The molecule has 0 radical (unpaired) electrons. The summed E-state index contributed by atoms with van der Waals surface area (Å²) in [6.45, 7) is 3.24. The number of amides is 1. The number of aryl methyl sites for hydroxylation is 1. The van der Waals surface area contributed by atoms with Crippen LogP contribution in [0.1, 0.15) is 12.5 Å². The van der Waals surface area contributed by atoms with Crippen LogP contribution in [0.2, 0.25) is 0 Å². The van der Waals surface area contributed by atoms with Crippen molar-refractivity contribution in [2.45, 2.75) is 26.9 Å². The molecule has 0 aliphatic carbocycles. The van der Waals surface area contributed by atoms with Crippen LogP contribution in [-0.4, -0.2) is 15.0 Å². The van der Waals surface area contributed by atoms with Crippen molar-refractivity contribution in [3.05, 3.63) is 74.7 Å². The van der Waals surface area contributed by atoms with Crippen LogP contribution in [0.5, 0.6) is 0 Å². The van der Waals surface area contributed by atoms with E-state index in [0.717, 1.165) is 4.57 Å². The van der Waals surface area contributed by atoms with Crippen LogP contribution in [-0.2, 0) is 17.9 Å². The minimum Gasteiger partial charge on any atom is -0.324 e. The normalized spacial score (nSPS) is 10.9. The molecule has 0 saturated heterocycles. The summed E-state index contributed by atoms with van der Waals surface area (Å²) in [6.07, 6.45) is 0. The van der Waals surface area contributed by atoms with Gasteiger partial charge in [-0.3, -0.25) is 18.7 Å². The van der Waals surface area contributed by atoms with Gasteiger partial charge in [-0.25, -0.2) is 9.18 Å². The minimum absolute atomic E-state index is 0.202. The molecule has 3 rings (SSSR count). The maximum atomic E-state index is 13.6. The number of carbonyl (C=O) groups is 1. The highest BCUT2D eigenvalue weighted by Gasteiger charge is 2.14. The molecule has 3 aromatic rings. The fourth-order valence-electron chi connectivity index (χ4n) is 2.82. The Morgan fingerprint density at radius 1 is 1.12 bits per heavy atom. The predicted molar refractivity (Wildman–Crippen MR) is 97.9 cm³/mol. The number of benzene rings is 2. The lowest BCUT2D eigenvalue weighted by Gasteiger charge is -2.13. The number of rotatable bonds is 4. The van der Waals surface area contributed by atoms with Crippen LogP contribution in [0.25, 0.3) is 10.9 Å². The third-order valence-electron chi connectivity index (χ3n) is 4.21. The first-order valence-electron chi connectivity index (χ1n) is 8.20. The molecular formula is C19H18FN3O3. The smallest absolute Gasteiger partial charge is 0.324 e. The second-order valence-electron chi connectivity index (χ2n) is 5.95. The molecule has 0 spiro atoms. The number of fused-ring (bicyclic) bond motifs is 1. The van der Waals surface area contributed by atoms with Crippen LogP contribution in [0.15, 0.2) is 52.1 Å². The summed E-state index contributed by atoms with van der Waals surface area (Å²) >= 11 is 0. The molecule has 0 aliphatic heterocycles. The second-order valence-corrected chi connectivity index (χ2v) is 5.95. The van der Waals surface area contributed by atoms with E-state index in [1.54, 1.807) is 50.2 Å². The summed E-state index contributed by atoms with van der Waals surface area (Å²) in [5.74, 6) is -0.910. The zero-order valence-corrected chi connectivity index (χ0v) is 14.5. The standard InChI is InChI=1S/C19H18FN3O3/c1-3-22-18(25)14-6-4-5-7-16(14)23(19(22)26)11-17(24)21-13-9-8-12(2)15(20)10-13/h4-10H,3,11H2,1-2H3,(H,21,24). The number of halogens is 1. The highest BCUT2D eigenvalue weighted by Crippen LogP contribution is 2.14. The van der Waals surface area contributed by atoms with Crippen molar-refractivity contribution in [3.8, 4) is 0 Å². The van der Waals surface area contributed by atoms with Crippen molar-refractivity contribution >= 4 is 22.5 Å². The number of hydrogen-bond donors (Lipinski definition) is 1. The number of anilines is 1. The predicted octanol–water partition coefficient (Wildman–Crippen LogP) is 2.27. The fraction of sp³-hybridized carbons (Fsp3) is 0.211.